The molecule has 7 heteroatoms. The molecule has 0 aliphatic carbocycles. The topological polar surface area (TPSA) is 85.1 Å². The molecule has 0 spiro atoms. The van der Waals surface area contributed by atoms with Gasteiger partial charge < -0.3 is 0 Å². The van der Waals surface area contributed by atoms with Gasteiger partial charge in [-0.05, 0) is 34.4 Å². The third kappa shape index (κ3) is 5.11. The zero-order valence-corrected chi connectivity index (χ0v) is 19.4. The van der Waals surface area contributed by atoms with Gasteiger partial charge in [-0.15, -0.1) is 5.10 Å². The molecule has 35 heavy (non-hydrogen) atoms. The molecule has 0 fully saturated rings. The zero-order chi connectivity index (χ0) is 24.3. The van der Waals surface area contributed by atoms with Crippen LogP contribution in [0.3, 0.4) is 0 Å². The third-order valence-corrected chi connectivity index (χ3v) is 6.45. The monoisotopic (exact) mass is 479 g/mol. The molecule has 0 unspecified atom stereocenters. The minimum absolute atomic E-state index is 0.217. The summed E-state index contributed by atoms with van der Waals surface area (Å²) < 4.78 is 34.2. The van der Waals surface area contributed by atoms with Crippen LogP contribution in [-0.4, -0.2) is 28.0 Å². The van der Waals surface area contributed by atoms with Crippen molar-refractivity contribution in [2.45, 2.75) is 4.90 Å². The molecule has 1 aromatic heterocycles. The fraction of sp³-hybridized carbons (Fsp3) is 0. The SMILES string of the molecule is O=S(=O)(O)c1cc(-n2ncc(-c3ccccc3)n2)ccc1C=Cc1ccc(-c2ccccc2)cc1. The average molecular weight is 480 g/mol. The molecular formula is C28H21N3O3S. The molecule has 5 rings (SSSR count). The van der Waals surface area contributed by atoms with Crippen molar-refractivity contribution < 1.29 is 13.0 Å². The summed E-state index contributed by atoms with van der Waals surface area (Å²) in [5.74, 6) is 0. The molecule has 0 aliphatic heterocycles. The Balaban J connectivity index is 1.43. The molecular weight excluding hydrogens is 458 g/mol. The second kappa shape index (κ2) is 9.50. The molecule has 0 saturated heterocycles. The lowest BCUT2D eigenvalue weighted by molar-refractivity contribution is 0.483. The molecule has 0 saturated carbocycles. The summed E-state index contributed by atoms with van der Waals surface area (Å²) in [5, 5.41) is 8.69. The van der Waals surface area contributed by atoms with E-state index in [1.807, 2.05) is 84.9 Å². The van der Waals surface area contributed by atoms with E-state index in [-0.39, 0.29) is 4.90 Å². The first-order chi connectivity index (χ1) is 17.0. The molecule has 0 atom stereocenters. The van der Waals surface area contributed by atoms with Gasteiger partial charge in [-0.1, -0.05) is 103 Å². The van der Waals surface area contributed by atoms with Crippen LogP contribution in [0.1, 0.15) is 11.1 Å². The first-order valence-electron chi connectivity index (χ1n) is 10.9. The third-order valence-electron chi connectivity index (χ3n) is 5.54. The van der Waals surface area contributed by atoms with E-state index in [0.29, 0.717) is 16.9 Å². The predicted molar refractivity (Wildman–Crippen MR) is 137 cm³/mol. The van der Waals surface area contributed by atoms with Crippen LogP contribution in [0, 0.1) is 0 Å². The maximum absolute atomic E-state index is 12.1. The van der Waals surface area contributed by atoms with Gasteiger partial charge in [-0.3, -0.25) is 4.55 Å². The molecule has 5 aromatic rings. The fourth-order valence-corrected chi connectivity index (χ4v) is 4.44. The van der Waals surface area contributed by atoms with Crippen molar-refractivity contribution in [1.82, 2.24) is 15.0 Å². The Kier molecular flexibility index (Phi) is 6.10. The number of aromatic nitrogens is 3. The van der Waals surface area contributed by atoms with Crippen molar-refractivity contribution >= 4 is 22.3 Å². The van der Waals surface area contributed by atoms with Crippen molar-refractivity contribution in [3.63, 3.8) is 0 Å². The summed E-state index contributed by atoms with van der Waals surface area (Å²) in [6.45, 7) is 0. The Morgan fingerprint density at radius 1 is 0.714 bits per heavy atom. The molecule has 0 radical (unpaired) electrons. The van der Waals surface area contributed by atoms with Crippen LogP contribution in [0.15, 0.2) is 114 Å². The van der Waals surface area contributed by atoms with Gasteiger partial charge in [-0.25, -0.2) is 0 Å². The molecule has 0 amide bonds. The maximum atomic E-state index is 12.1. The number of hydrogen-bond acceptors (Lipinski definition) is 4. The molecule has 0 aliphatic rings. The number of rotatable bonds is 6. The summed E-state index contributed by atoms with van der Waals surface area (Å²) in [6, 6.07) is 32.2. The van der Waals surface area contributed by atoms with Crippen molar-refractivity contribution in [3.8, 4) is 28.1 Å². The van der Waals surface area contributed by atoms with Crippen molar-refractivity contribution in [2.75, 3.05) is 0 Å². The number of hydrogen-bond donors (Lipinski definition) is 1. The Labute approximate surface area is 203 Å². The smallest absolute Gasteiger partial charge is 0.282 e. The summed E-state index contributed by atoms with van der Waals surface area (Å²) in [5.41, 5.74) is 5.44. The molecule has 1 N–H and O–H groups in total. The largest absolute Gasteiger partial charge is 0.295 e. The van der Waals surface area contributed by atoms with E-state index >= 15 is 0 Å². The van der Waals surface area contributed by atoms with Crippen LogP contribution in [0.2, 0.25) is 0 Å². The van der Waals surface area contributed by atoms with Crippen LogP contribution in [0.25, 0.3) is 40.2 Å². The van der Waals surface area contributed by atoms with Gasteiger partial charge >= 0.3 is 0 Å². The molecule has 1 heterocycles. The lowest BCUT2D eigenvalue weighted by Crippen LogP contribution is -2.05. The second-order valence-electron chi connectivity index (χ2n) is 7.90. The average Bonchev–Trinajstić information content (AvgIpc) is 3.39. The van der Waals surface area contributed by atoms with Crippen LogP contribution in [-0.2, 0) is 10.1 Å². The van der Waals surface area contributed by atoms with E-state index in [2.05, 4.69) is 10.2 Å². The zero-order valence-electron chi connectivity index (χ0n) is 18.6. The Bertz CT molecular complexity index is 1590. The van der Waals surface area contributed by atoms with Crippen molar-refractivity contribution in [3.05, 3.63) is 120 Å². The van der Waals surface area contributed by atoms with E-state index in [4.69, 9.17) is 0 Å². The van der Waals surface area contributed by atoms with Crippen LogP contribution < -0.4 is 0 Å². The summed E-state index contributed by atoms with van der Waals surface area (Å²) in [7, 11) is -4.48. The van der Waals surface area contributed by atoms with Crippen molar-refractivity contribution in [1.29, 1.82) is 0 Å². The minimum Gasteiger partial charge on any atom is -0.282 e. The van der Waals surface area contributed by atoms with E-state index in [1.54, 1.807) is 30.5 Å². The Hall–Kier alpha value is -4.33. The normalized spacial score (nSPS) is 11.7. The Morgan fingerprint density at radius 2 is 1.34 bits per heavy atom. The lowest BCUT2D eigenvalue weighted by Gasteiger charge is -2.07. The fourth-order valence-electron chi connectivity index (χ4n) is 3.74. The number of benzene rings is 4. The minimum atomic E-state index is -4.48. The summed E-state index contributed by atoms with van der Waals surface area (Å²) in [6.07, 6.45) is 5.07. The standard InChI is InChI=1S/C28H21N3O3S/c32-35(33,34)28-19-26(31-29-20-27(30-31)24-9-5-2-6-10-24)18-17-25(28)16-13-21-11-14-23(15-12-21)22-7-3-1-4-8-22/h1-20H,(H,32,33,34). The van der Waals surface area contributed by atoms with Gasteiger partial charge in [0.15, 0.2) is 0 Å². The van der Waals surface area contributed by atoms with Gasteiger partial charge in [0.1, 0.15) is 10.6 Å². The first kappa shape index (κ1) is 22.5. The highest BCUT2D eigenvalue weighted by molar-refractivity contribution is 7.86. The number of nitrogens with zero attached hydrogens (tertiary/aromatic N) is 3. The highest BCUT2D eigenvalue weighted by Gasteiger charge is 2.16. The van der Waals surface area contributed by atoms with E-state index in [9.17, 15) is 13.0 Å². The quantitative estimate of drug-likeness (QED) is 0.238. The van der Waals surface area contributed by atoms with Gasteiger partial charge in [0.25, 0.3) is 10.1 Å². The van der Waals surface area contributed by atoms with Crippen molar-refractivity contribution in [2.24, 2.45) is 0 Å². The maximum Gasteiger partial charge on any atom is 0.295 e. The van der Waals surface area contributed by atoms with Gasteiger partial charge in [0.2, 0.25) is 0 Å². The Morgan fingerprint density at radius 3 is 2.00 bits per heavy atom. The molecule has 4 aromatic carbocycles. The van der Waals surface area contributed by atoms with E-state index < -0.39 is 10.1 Å². The lowest BCUT2D eigenvalue weighted by atomic mass is 10.0. The first-order valence-corrected chi connectivity index (χ1v) is 12.3. The van der Waals surface area contributed by atoms with Crippen LogP contribution in [0.5, 0.6) is 0 Å². The molecule has 0 bridgehead atoms. The van der Waals surface area contributed by atoms with E-state index in [1.165, 1.54) is 10.9 Å². The van der Waals surface area contributed by atoms with Crippen LogP contribution in [0.4, 0.5) is 0 Å². The van der Waals surface area contributed by atoms with Gasteiger partial charge in [0, 0.05) is 5.56 Å². The summed E-state index contributed by atoms with van der Waals surface area (Å²) >= 11 is 0. The predicted octanol–water partition coefficient (Wildman–Crippen LogP) is 6.02. The van der Waals surface area contributed by atoms with Gasteiger partial charge in [0.05, 0.1) is 11.9 Å². The van der Waals surface area contributed by atoms with Crippen LogP contribution >= 0.6 is 0 Å². The highest BCUT2D eigenvalue weighted by Crippen LogP contribution is 2.24. The molecule has 172 valence electrons. The van der Waals surface area contributed by atoms with Gasteiger partial charge in [-0.2, -0.15) is 18.3 Å². The molecule has 6 nitrogen and oxygen atoms in total. The summed E-state index contributed by atoms with van der Waals surface area (Å²) in [4.78, 5) is 1.12. The van der Waals surface area contributed by atoms with E-state index in [0.717, 1.165) is 22.3 Å². The second-order valence-corrected chi connectivity index (χ2v) is 9.29. The highest BCUT2D eigenvalue weighted by atomic mass is 32.2.